The highest BCUT2D eigenvalue weighted by atomic mass is 35.5. The maximum Gasteiger partial charge on any atom is 0.227 e. The number of hydrogen-bond donors (Lipinski definition) is 1. The van der Waals surface area contributed by atoms with Crippen LogP contribution in [0, 0.1) is 12.8 Å². The van der Waals surface area contributed by atoms with Gasteiger partial charge in [0, 0.05) is 39.3 Å². The topological polar surface area (TPSA) is 66.3 Å². The Kier molecular flexibility index (Phi) is 7.01. The lowest BCUT2D eigenvalue weighted by Crippen LogP contribution is -2.51. The first-order valence-corrected chi connectivity index (χ1v) is 8.79. The second-order valence-corrected chi connectivity index (χ2v) is 6.56. The number of hydrogen-bond acceptors (Lipinski definition) is 5. The van der Waals surface area contributed by atoms with E-state index in [2.05, 4.69) is 31.9 Å². The van der Waals surface area contributed by atoms with Gasteiger partial charge in [0.05, 0.1) is 12.5 Å². The molecule has 0 aromatic carbocycles. The molecule has 0 spiro atoms. The molecule has 8 heteroatoms. The zero-order chi connectivity index (χ0) is 16.2. The van der Waals surface area contributed by atoms with Crippen LogP contribution in [0.4, 0.5) is 0 Å². The molecule has 3 rings (SSSR count). The molecule has 0 bridgehead atoms. The lowest BCUT2D eigenvalue weighted by atomic mass is 9.96. The van der Waals surface area contributed by atoms with Gasteiger partial charge in [0.1, 0.15) is 11.6 Å². The number of halogens is 1. The number of piperidine rings is 1. The van der Waals surface area contributed by atoms with Crippen molar-refractivity contribution in [2.75, 3.05) is 39.3 Å². The summed E-state index contributed by atoms with van der Waals surface area (Å²) in [6, 6.07) is 0. The highest BCUT2D eigenvalue weighted by molar-refractivity contribution is 5.85. The standard InChI is InChI=1S/C16H28N6O.ClH/c1-3-22-13(2)18-19-15(22)12-20-8-4-5-14(11-20)16(23)21-9-6-17-7-10-21;/h14,17H,3-12H2,1-2H3;1H. The van der Waals surface area contributed by atoms with Crippen molar-refractivity contribution in [1.29, 1.82) is 0 Å². The highest BCUT2D eigenvalue weighted by Crippen LogP contribution is 2.20. The lowest BCUT2D eigenvalue weighted by Gasteiger charge is -2.36. The predicted molar refractivity (Wildman–Crippen MR) is 95.1 cm³/mol. The fraction of sp³-hybridized carbons (Fsp3) is 0.812. The van der Waals surface area contributed by atoms with Gasteiger partial charge in [-0.25, -0.2) is 0 Å². The van der Waals surface area contributed by atoms with E-state index in [9.17, 15) is 4.79 Å². The number of piperazine rings is 1. The molecule has 1 unspecified atom stereocenters. The number of amides is 1. The number of aryl methyl sites for hydroxylation is 1. The molecule has 1 aromatic heterocycles. The second-order valence-electron chi connectivity index (χ2n) is 6.56. The van der Waals surface area contributed by atoms with Crippen molar-refractivity contribution in [2.24, 2.45) is 5.92 Å². The molecule has 2 fully saturated rings. The van der Waals surface area contributed by atoms with Crippen molar-refractivity contribution in [2.45, 2.75) is 39.8 Å². The van der Waals surface area contributed by atoms with Crippen LogP contribution in [0.2, 0.25) is 0 Å². The Bertz CT molecular complexity index is 543. The fourth-order valence-electron chi connectivity index (χ4n) is 3.70. The van der Waals surface area contributed by atoms with Crippen LogP contribution in [0.1, 0.15) is 31.4 Å². The van der Waals surface area contributed by atoms with Gasteiger partial charge in [0.25, 0.3) is 0 Å². The predicted octanol–water partition coefficient (Wildman–Crippen LogP) is 0.672. The van der Waals surface area contributed by atoms with Crippen molar-refractivity contribution >= 4 is 18.3 Å². The first kappa shape index (κ1) is 19.1. The minimum Gasteiger partial charge on any atom is -0.340 e. The van der Waals surface area contributed by atoms with Crippen LogP contribution in [-0.4, -0.2) is 69.7 Å². The molecule has 1 atom stereocenters. The van der Waals surface area contributed by atoms with E-state index in [0.29, 0.717) is 5.91 Å². The van der Waals surface area contributed by atoms with Gasteiger partial charge >= 0.3 is 0 Å². The third-order valence-corrected chi connectivity index (χ3v) is 4.98. The first-order valence-electron chi connectivity index (χ1n) is 8.79. The Morgan fingerprint density at radius 2 is 2.00 bits per heavy atom. The summed E-state index contributed by atoms with van der Waals surface area (Å²) in [6.07, 6.45) is 2.10. The highest BCUT2D eigenvalue weighted by Gasteiger charge is 2.30. The van der Waals surface area contributed by atoms with Crippen LogP contribution >= 0.6 is 12.4 Å². The molecular formula is C16H29ClN6O. The molecule has 2 aliphatic heterocycles. The molecule has 1 amide bonds. The van der Waals surface area contributed by atoms with Crippen molar-refractivity contribution in [1.82, 2.24) is 29.9 Å². The van der Waals surface area contributed by atoms with Crippen LogP contribution in [0.25, 0.3) is 0 Å². The van der Waals surface area contributed by atoms with Gasteiger partial charge < -0.3 is 14.8 Å². The van der Waals surface area contributed by atoms with E-state index in [1.165, 1.54) is 0 Å². The maximum atomic E-state index is 12.7. The SMILES string of the molecule is CCn1c(C)nnc1CN1CCCC(C(=O)N2CCNCC2)C1.Cl. The van der Waals surface area contributed by atoms with E-state index in [0.717, 1.165) is 76.8 Å². The van der Waals surface area contributed by atoms with Crippen LogP contribution in [0.15, 0.2) is 0 Å². The molecule has 3 heterocycles. The summed E-state index contributed by atoms with van der Waals surface area (Å²) in [5, 5.41) is 11.8. The van der Waals surface area contributed by atoms with E-state index >= 15 is 0 Å². The zero-order valence-corrected chi connectivity index (χ0v) is 15.5. The molecule has 2 aliphatic rings. The van der Waals surface area contributed by atoms with E-state index < -0.39 is 0 Å². The number of aromatic nitrogens is 3. The van der Waals surface area contributed by atoms with Crippen LogP contribution in [-0.2, 0) is 17.9 Å². The first-order chi connectivity index (χ1) is 11.2. The molecule has 7 nitrogen and oxygen atoms in total. The minimum absolute atomic E-state index is 0. The summed E-state index contributed by atoms with van der Waals surface area (Å²) < 4.78 is 2.15. The molecule has 0 aliphatic carbocycles. The average Bonchev–Trinajstić information content (AvgIpc) is 2.94. The molecular weight excluding hydrogens is 328 g/mol. The molecule has 1 aromatic rings. The third-order valence-electron chi connectivity index (χ3n) is 4.98. The van der Waals surface area contributed by atoms with Gasteiger partial charge in [-0.1, -0.05) is 0 Å². The number of likely N-dealkylation sites (tertiary alicyclic amines) is 1. The van der Waals surface area contributed by atoms with Crippen molar-refractivity contribution < 1.29 is 4.79 Å². The summed E-state index contributed by atoms with van der Waals surface area (Å²) in [7, 11) is 0. The number of carbonyl (C=O) groups excluding carboxylic acids is 1. The smallest absolute Gasteiger partial charge is 0.227 e. The summed E-state index contributed by atoms with van der Waals surface area (Å²) in [5.74, 6) is 2.46. The number of nitrogens with zero attached hydrogens (tertiary/aromatic N) is 5. The van der Waals surface area contributed by atoms with E-state index in [1.807, 2.05) is 11.8 Å². The monoisotopic (exact) mass is 356 g/mol. The van der Waals surface area contributed by atoms with E-state index in [-0.39, 0.29) is 18.3 Å². The Labute approximate surface area is 150 Å². The largest absolute Gasteiger partial charge is 0.340 e. The fourth-order valence-corrected chi connectivity index (χ4v) is 3.70. The van der Waals surface area contributed by atoms with E-state index in [1.54, 1.807) is 0 Å². The number of rotatable bonds is 4. The van der Waals surface area contributed by atoms with Crippen molar-refractivity contribution in [3.05, 3.63) is 11.6 Å². The van der Waals surface area contributed by atoms with Gasteiger partial charge in [0.2, 0.25) is 5.91 Å². The van der Waals surface area contributed by atoms with Gasteiger partial charge in [-0.2, -0.15) is 0 Å². The molecule has 24 heavy (non-hydrogen) atoms. The molecule has 0 saturated carbocycles. The summed E-state index contributed by atoms with van der Waals surface area (Å²) >= 11 is 0. The van der Waals surface area contributed by atoms with Crippen LogP contribution in [0.3, 0.4) is 0 Å². The Hall–Kier alpha value is -1.18. The van der Waals surface area contributed by atoms with Crippen LogP contribution in [0.5, 0.6) is 0 Å². The lowest BCUT2D eigenvalue weighted by molar-refractivity contribution is -0.138. The Morgan fingerprint density at radius 3 is 2.71 bits per heavy atom. The molecule has 0 radical (unpaired) electrons. The molecule has 1 N–H and O–H groups in total. The van der Waals surface area contributed by atoms with Crippen molar-refractivity contribution in [3.63, 3.8) is 0 Å². The van der Waals surface area contributed by atoms with Gasteiger partial charge in [-0.3, -0.25) is 9.69 Å². The normalized spacial score (nSPS) is 22.2. The molecule has 2 saturated heterocycles. The van der Waals surface area contributed by atoms with Gasteiger partial charge in [-0.15, -0.1) is 22.6 Å². The van der Waals surface area contributed by atoms with Gasteiger partial charge in [-0.05, 0) is 33.2 Å². The summed E-state index contributed by atoms with van der Waals surface area (Å²) in [4.78, 5) is 17.1. The average molecular weight is 357 g/mol. The minimum atomic E-state index is 0. The quantitative estimate of drug-likeness (QED) is 0.859. The summed E-state index contributed by atoms with van der Waals surface area (Å²) in [5.41, 5.74) is 0. The Morgan fingerprint density at radius 1 is 1.25 bits per heavy atom. The molecule has 136 valence electrons. The third kappa shape index (κ3) is 4.26. The Balaban J connectivity index is 0.00000208. The zero-order valence-electron chi connectivity index (χ0n) is 14.7. The second kappa shape index (κ2) is 8.78. The number of carbonyl (C=O) groups is 1. The van der Waals surface area contributed by atoms with Gasteiger partial charge in [0.15, 0.2) is 0 Å². The van der Waals surface area contributed by atoms with E-state index in [4.69, 9.17) is 0 Å². The maximum absolute atomic E-state index is 12.7. The van der Waals surface area contributed by atoms with Crippen LogP contribution < -0.4 is 5.32 Å². The van der Waals surface area contributed by atoms with Crippen molar-refractivity contribution in [3.8, 4) is 0 Å². The number of nitrogens with one attached hydrogen (secondary N) is 1. The summed E-state index contributed by atoms with van der Waals surface area (Å²) in [6.45, 7) is 11.2.